The van der Waals surface area contributed by atoms with Gasteiger partial charge in [0.2, 0.25) is 0 Å². The van der Waals surface area contributed by atoms with Gasteiger partial charge in [0.05, 0.1) is 5.92 Å². The molecule has 2 fully saturated rings. The Labute approximate surface area is 152 Å². The molecule has 1 saturated carbocycles. The van der Waals surface area contributed by atoms with E-state index in [-0.39, 0.29) is 11.9 Å². The number of esters is 1. The summed E-state index contributed by atoms with van der Waals surface area (Å²) in [6.45, 7) is 6.34. The zero-order chi connectivity index (χ0) is 17.9. The molecule has 1 saturated heterocycles. The molecule has 140 valence electrons. The van der Waals surface area contributed by atoms with Crippen molar-refractivity contribution in [3.63, 3.8) is 0 Å². The number of nitrogens with one attached hydrogen (secondary N) is 1. The van der Waals surface area contributed by atoms with Crippen molar-refractivity contribution in [2.45, 2.75) is 71.1 Å². The molecule has 0 amide bonds. The first-order valence-corrected chi connectivity index (χ1v) is 9.77. The van der Waals surface area contributed by atoms with Crippen molar-refractivity contribution in [3.8, 4) is 0 Å². The Morgan fingerprint density at radius 2 is 1.76 bits per heavy atom. The first-order valence-electron chi connectivity index (χ1n) is 9.77. The molecule has 3 rings (SSSR count). The molecule has 2 atom stereocenters. The highest BCUT2D eigenvalue weighted by Crippen LogP contribution is 2.28. The maximum atomic E-state index is 12.2. The highest BCUT2D eigenvalue weighted by molar-refractivity contribution is 5.72. The average molecular weight is 347 g/mol. The van der Waals surface area contributed by atoms with E-state index in [4.69, 9.17) is 9.47 Å². The normalized spacial score (nSPS) is 23.6. The summed E-state index contributed by atoms with van der Waals surface area (Å²) in [4.78, 5) is 12.2. The number of rotatable bonds is 5. The number of hydrogen-bond acceptors (Lipinski definition) is 4. The molecule has 1 heterocycles. The highest BCUT2D eigenvalue weighted by Gasteiger charge is 2.32. The Kier molecular flexibility index (Phi) is 8.98. The predicted molar refractivity (Wildman–Crippen MR) is 100 cm³/mol. The molecule has 0 aromatic heterocycles. The zero-order valence-corrected chi connectivity index (χ0v) is 15.7. The average Bonchev–Trinajstić information content (AvgIpc) is 3.11. The Morgan fingerprint density at radius 3 is 2.44 bits per heavy atom. The van der Waals surface area contributed by atoms with E-state index in [1.54, 1.807) is 0 Å². The third-order valence-electron chi connectivity index (χ3n) is 4.68. The van der Waals surface area contributed by atoms with Gasteiger partial charge in [-0.2, -0.15) is 0 Å². The van der Waals surface area contributed by atoms with Gasteiger partial charge in [0, 0.05) is 25.3 Å². The van der Waals surface area contributed by atoms with Crippen LogP contribution in [0.4, 0.5) is 0 Å². The van der Waals surface area contributed by atoms with Crippen LogP contribution in [0, 0.1) is 5.92 Å². The van der Waals surface area contributed by atoms with Crippen LogP contribution in [0.5, 0.6) is 0 Å². The fourth-order valence-electron chi connectivity index (χ4n) is 3.39. The zero-order valence-electron chi connectivity index (χ0n) is 15.7. The summed E-state index contributed by atoms with van der Waals surface area (Å²) in [7, 11) is 0. The van der Waals surface area contributed by atoms with Gasteiger partial charge >= 0.3 is 5.97 Å². The van der Waals surface area contributed by atoms with Crippen LogP contribution in [0.3, 0.4) is 0 Å². The van der Waals surface area contributed by atoms with Crippen LogP contribution in [0.1, 0.15) is 57.9 Å². The van der Waals surface area contributed by atoms with Crippen LogP contribution in [-0.2, 0) is 20.9 Å². The van der Waals surface area contributed by atoms with Crippen molar-refractivity contribution in [1.82, 2.24) is 5.32 Å². The van der Waals surface area contributed by atoms with E-state index < -0.39 is 0 Å². The third-order valence-corrected chi connectivity index (χ3v) is 4.68. The van der Waals surface area contributed by atoms with E-state index in [1.165, 1.54) is 6.42 Å². The van der Waals surface area contributed by atoms with Crippen LogP contribution in [0.2, 0.25) is 0 Å². The van der Waals surface area contributed by atoms with E-state index in [2.05, 4.69) is 19.2 Å². The third kappa shape index (κ3) is 7.17. The molecule has 1 aliphatic heterocycles. The fourth-order valence-corrected chi connectivity index (χ4v) is 3.39. The molecule has 4 heteroatoms. The first-order chi connectivity index (χ1) is 12.2. The smallest absolute Gasteiger partial charge is 0.309 e. The Morgan fingerprint density at radius 1 is 1.08 bits per heavy atom. The summed E-state index contributed by atoms with van der Waals surface area (Å²) in [5.74, 6) is 0.0150. The molecule has 1 aliphatic carbocycles. The minimum Gasteiger partial charge on any atom is -0.461 e. The first kappa shape index (κ1) is 19.9. The van der Waals surface area contributed by atoms with E-state index in [1.807, 2.05) is 30.3 Å². The lowest BCUT2D eigenvalue weighted by Crippen LogP contribution is -2.40. The van der Waals surface area contributed by atoms with E-state index >= 15 is 0 Å². The van der Waals surface area contributed by atoms with Gasteiger partial charge in [0.15, 0.2) is 0 Å². The van der Waals surface area contributed by atoms with Crippen LogP contribution in [0.25, 0.3) is 0 Å². The SMILES string of the molecule is CCC.O=C(OCc1ccccc1)C1CC[C@@H](NC2CCOCC2)C1. The summed E-state index contributed by atoms with van der Waals surface area (Å²) in [6.07, 6.45) is 6.33. The molecule has 0 spiro atoms. The largest absolute Gasteiger partial charge is 0.461 e. The summed E-state index contributed by atoms with van der Waals surface area (Å²) in [5, 5.41) is 3.69. The highest BCUT2D eigenvalue weighted by atomic mass is 16.5. The fraction of sp³-hybridized carbons (Fsp3) is 0.667. The van der Waals surface area contributed by atoms with Crippen molar-refractivity contribution >= 4 is 5.97 Å². The molecule has 25 heavy (non-hydrogen) atoms. The van der Waals surface area contributed by atoms with Crippen LogP contribution >= 0.6 is 0 Å². The van der Waals surface area contributed by atoms with Crippen LogP contribution in [0.15, 0.2) is 30.3 Å². The second-order valence-corrected chi connectivity index (χ2v) is 7.06. The van der Waals surface area contributed by atoms with E-state index in [0.29, 0.717) is 18.7 Å². The monoisotopic (exact) mass is 347 g/mol. The Bertz CT molecular complexity index is 485. The molecule has 2 aliphatic rings. The van der Waals surface area contributed by atoms with Crippen LogP contribution in [-0.4, -0.2) is 31.3 Å². The Balaban J connectivity index is 0.000000701. The summed E-state index contributed by atoms with van der Waals surface area (Å²) < 4.78 is 10.8. The molecular formula is C21H33NO3. The van der Waals surface area contributed by atoms with E-state index in [0.717, 1.165) is 50.9 Å². The molecule has 0 bridgehead atoms. The maximum Gasteiger partial charge on any atom is 0.309 e. The number of benzene rings is 1. The minimum atomic E-state index is -0.0415. The summed E-state index contributed by atoms with van der Waals surface area (Å²) in [6, 6.07) is 10.9. The standard InChI is InChI=1S/C18H25NO3.C3H8/c20-18(22-13-14-4-2-1-3-5-14)15-6-7-17(12-15)19-16-8-10-21-11-9-16;1-3-2/h1-5,15-17,19H,6-13H2;3H2,1-2H3/t15?,17-;/m1./s1. The quantitative estimate of drug-likeness (QED) is 0.815. The van der Waals surface area contributed by atoms with Gasteiger partial charge in [-0.1, -0.05) is 50.6 Å². The summed E-state index contributed by atoms with van der Waals surface area (Å²) in [5.41, 5.74) is 1.05. The topological polar surface area (TPSA) is 47.6 Å². The van der Waals surface area contributed by atoms with Gasteiger partial charge in [-0.05, 0) is 37.7 Å². The van der Waals surface area contributed by atoms with Gasteiger partial charge in [0.1, 0.15) is 6.61 Å². The van der Waals surface area contributed by atoms with Gasteiger partial charge < -0.3 is 14.8 Å². The summed E-state index contributed by atoms with van der Waals surface area (Å²) >= 11 is 0. The molecular weight excluding hydrogens is 314 g/mol. The second-order valence-electron chi connectivity index (χ2n) is 7.06. The van der Waals surface area contributed by atoms with Gasteiger partial charge in [-0.3, -0.25) is 4.79 Å². The molecule has 1 aromatic rings. The van der Waals surface area contributed by atoms with E-state index in [9.17, 15) is 4.79 Å². The van der Waals surface area contributed by atoms with Crippen molar-refractivity contribution in [2.24, 2.45) is 5.92 Å². The predicted octanol–water partition coefficient (Wildman–Crippen LogP) is 4.08. The number of carbonyl (C=O) groups excluding carboxylic acids is 1. The lowest BCUT2D eigenvalue weighted by molar-refractivity contribution is -0.149. The number of hydrogen-bond donors (Lipinski definition) is 1. The van der Waals surface area contributed by atoms with Gasteiger partial charge in [-0.15, -0.1) is 0 Å². The Hall–Kier alpha value is -1.39. The molecule has 4 nitrogen and oxygen atoms in total. The molecule has 0 radical (unpaired) electrons. The lowest BCUT2D eigenvalue weighted by atomic mass is 10.1. The van der Waals surface area contributed by atoms with Crippen LogP contribution < -0.4 is 5.32 Å². The second kappa shape index (κ2) is 11.3. The van der Waals surface area contributed by atoms with Crippen molar-refractivity contribution in [2.75, 3.05) is 13.2 Å². The number of carbonyl (C=O) groups is 1. The van der Waals surface area contributed by atoms with Crippen molar-refractivity contribution in [3.05, 3.63) is 35.9 Å². The van der Waals surface area contributed by atoms with Crippen molar-refractivity contribution < 1.29 is 14.3 Å². The molecule has 1 aromatic carbocycles. The van der Waals surface area contributed by atoms with Crippen molar-refractivity contribution in [1.29, 1.82) is 0 Å². The van der Waals surface area contributed by atoms with Gasteiger partial charge in [0.25, 0.3) is 0 Å². The molecule has 1 N–H and O–H groups in total. The number of ether oxygens (including phenoxy) is 2. The maximum absolute atomic E-state index is 12.2. The molecule has 1 unspecified atom stereocenters. The minimum absolute atomic E-state index is 0.0415. The van der Waals surface area contributed by atoms with Gasteiger partial charge in [-0.25, -0.2) is 0 Å². The lowest BCUT2D eigenvalue weighted by Gasteiger charge is -2.26.